The van der Waals surface area contributed by atoms with Gasteiger partial charge in [0.25, 0.3) is 0 Å². The second kappa shape index (κ2) is 5.46. The van der Waals surface area contributed by atoms with E-state index in [-0.39, 0.29) is 18.3 Å². The molecule has 0 radical (unpaired) electrons. The molecule has 0 spiro atoms. The van der Waals surface area contributed by atoms with Gasteiger partial charge in [-0.3, -0.25) is 4.79 Å². The van der Waals surface area contributed by atoms with E-state index < -0.39 is 4.92 Å². The molecule has 1 heterocycles. The molecule has 2 saturated carbocycles. The Hall–Kier alpha value is -1.92. The van der Waals surface area contributed by atoms with Crippen molar-refractivity contribution in [3.05, 3.63) is 21.9 Å². The number of hydrogen-bond acceptors (Lipinski definition) is 4. The first-order valence-electron chi connectivity index (χ1n) is 7.56. The third-order valence-corrected chi connectivity index (χ3v) is 4.39. The summed E-state index contributed by atoms with van der Waals surface area (Å²) < 4.78 is 1.45. The van der Waals surface area contributed by atoms with Crippen molar-refractivity contribution in [1.29, 1.82) is 0 Å². The zero-order valence-corrected chi connectivity index (χ0v) is 12.2. The molecule has 2 fully saturated rings. The first kappa shape index (κ1) is 14.0. The summed E-state index contributed by atoms with van der Waals surface area (Å²) in [6, 6.07) is 2.15. The Balaban J connectivity index is 1.73. The lowest BCUT2D eigenvalue weighted by Gasteiger charge is -2.28. The largest absolute Gasteiger partial charge is 0.390 e. The van der Waals surface area contributed by atoms with Gasteiger partial charge in [0.1, 0.15) is 6.54 Å². The summed E-state index contributed by atoms with van der Waals surface area (Å²) in [5.74, 6) is -0.148. The fourth-order valence-corrected chi connectivity index (χ4v) is 3.19. The van der Waals surface area contributed by atoms with Gasteiger partial charge in [-0.25, -0.2) is 0 Å². The predicted molar refractivity (Wildman–Crippen MR) is 75.7 cm³/mol. The van der Waals surface area contributed by atoms with Crippen LogP contribution in [0.3, 0.4) is 0 Å². The minimum Gasteiger partial charge on any atom is -0.358 e. The lowest BCUT2D eigenvalue weighted by atomic mass is 10.2. The van der Waals surface area contributed by atoms with Crippen LogP contribution in [0.15, 0.2) is 6.07 Å². The molecule has 3 rings (SSSR count). The molecule has 2 aliphatic rings. The zero-order chi connectivity index (χ0) is 15.0. The number of aryl methyl sites for hydroxylation is 1. The van der Waals surface area contributed by atoms with Crippen molar-refractivity contribution < 1.29 is 9.72 Å². The molecule has 7 nitrogen and oxygen atoms in total. The summed E-state index contributed by atoms with van der Waals surface area (Å²) in [6.45, 7) is 1.84. The molecule has 7 heteroatoms. The number of amides is 1. The van der Waals surface area contributed by atoms with E-state index in [0.29, 0.717) is 17.8 Å². The number of carbonyl (C=O) groups is 1. The first-order chi connectivity index (χ1) is 10.1. The fraction of sp³-hybridized carbons (Fsp3) is 0.714. The molecule has 0 atom stereocenters. The summed E-state index contributed by atoms with van der Waals surface area (Å²) in [4.78, 5) is 24.9. The van der Waals surface area contributed by atoms with E-state index in [0.717, 1.165) is 25.7 Å². The molecule has 1 aromatic rings. The summed E-state index contributed by atoms with van der Waals surface area (Å²) in [5, 5.41) is 14.7. The molecule has 0 unspecified atom stereocenters. The van der Waals surface area contributed by atoms with Crippen LogP contribution in [0.5, 0.6) is 0 Å². The molecule has 0 aromatic carbocycles. The first-order valence-corrected chi connectivity index (χ1v) is 7.56. The summed E-state index contributed by atoms with van der Waals surface area (Å²) in [6.07, 6.45) is 6.71. The van der Waals surface area contributed by atoms with Gasteiger partial charge in [0.05, 0.1) is 16.9 Å². The molecular formula is C14H20N4O3. The average molecular weight is 292 g/mol. The smallest absolute Gasteiger partial charge is 0.358 e. The Morgan fingerprint density at radius 2 is 2.00 bits per heavy atom. The van der Waals surface area contributed by atoms with Crippen molar-refractivity contribution in [2.24, 2.45) is 0 Å². The van der Waals surface area contributed by atoms with Crippen LogP contribution in [0.25, 0.3) is 0 Å². The van der Waals surface area contributed by atoms with Crippen LogP contribution in [0.2, 0.25) is 0 Å². The maximum absolute atomic E-state index is 12.6. The van der Waals surface area contributed by atoms with Gasteiger partial charge in [-0.15, -0.1) is 0 Å². The van der Waals surface area contributed by atoms with Crippen LogP contribution >= 0.6 is 0 Å². The van der Waals surface area contributed by atoms with Gasteiger partial charge in [-0.05, 0) is 37.5 Å². The highest BCUT2D eigenvalue weighted by atomic mass is 16.6. The fourth-order valence-electron chi connectivity index (χ4n) is 3.19. The molecule has 0 bridgehead atoms. The van der Waals surface area contributed by atoms with Gasteiger partial charge >= 0.3 is 5.82 Å². The monoisotopic (exact) mass is 292 g/mol. The quantitative estimate of drug-likeness (QED) is 0.614. The number of rotatable bonds is 5. The summed E-state index contributed by atoms with van der Waals surface area (Å²) in [5.41, 5.74) is 0.650. The lowest BCUT2D eigenvalue weighted by Crippen LogP contribution is -2.42. The van der Waals surface area contributed by atoms with Crippen molar-refractivity contribution in [2.45, 2.75) is 64.1 Å². The van der Waals surface area contributed by atoms with Crippen molar-refractivity contribution in [2.75, 3.05) is 0 Å². The Morgan fingerprint density at radius 3 is 2.52 bits per heavy atom. The van der Waals surface area contributed by atoms with Gasteiger partial charge in [0.15, 0.2) is 0 Å². The highest BCUT2D eigenvalue weighted by molar-refractivity contribution is 5.77. The highest BCUT2D eigenvalue weighted by Gasteiger charge is 2.38. The van der Waals surface area contributed by atoms with E-state index in [1.807, 2.05) is 4.90 Å². The Kier molecular flexibility index (Phi) is 3.65. The van der Waals surface area contributed by atoms with Crippen molar-refractivity contribution >= 4 is 11.7 Å². The van der Waals surface area contributed by atoms with E-state index in [1.165, 1.54) is 23.6 Å². The molecule has 1 aromatic heterocycles. The Labute approximate surface area is 123 Å². The maximum Gasteiger partial charge on any atom is 0.390 e. The predicted octanol–water partition coefficient (Wildman–Crippen LogP) is 2.03. The van der Waals surface area contributed by atoms with E-state index in [2.05, 4.69) is 5.10 Å². The van der Waals surface area contributed by atoms with Crippen LogP contribution in [0.4, 0.5) is 5.82 Å². The normalized spacial score (nSPS) is 18.9. The molecule has 21 heavy (non-hydrogen) atoms. The van der Waals surface area contributed by atoms with Crippen LogP contribution in [0.1, 0.15) is 44.2 Å². The van der Waals surface area contributed by atoms with Gasteiger partial charge in [-0.1, -0.05) is 12.8 Å². The van der Waals surface area contributed by atoms with Gasteiger partial charge < -0.3 is 15.0 Å². The number of hydrogen-bond donors (Lipinski definition) is 0. The number of nitrogens with zero attached hydrogens (tertiary/aromatic N) is 4. The highest BCUT2D eigenvalue weighted by Crippen LogP contribution is 2.34. The van der Waals surface area contributed by atoms with Crippen molar-refractivity contribution in [3.8, 4) is 0 Å². The van der Waals surface area contributed by atoms with Crippen molar-refractivity contribution in [3.63, 3.8) is 0 Å². The van der Waals surface area contributed by atoms with Gasteiger partial charge in [-0.2, -0.15) is 4.68 Å². The average Bonchev–Trinajstić information content (AvgIpc) is 2.96. The second-order valence-corrected chi connectivity index (χ2v) is 6.03. The van der Waals surface area contributed by atoms with E-state index >= 15 is 0 Å². The standard InChI is InChI=1S/C14H20N4O3/c1-10-8-13(18(20)21)15-16(10)9-14(19)17(12-6-7-12)11-4-2-3-5-11/h8,11-12H,2-7,9H2,1H3. The minimum atomic E-state index is -0.524. The van der Waals surface area contributed by atoms with E-state index in [4.69, 9.17) is 0 Å². The van der Waals surface area contributed by atoms with Crippen LogP contribution in [0, 0.1) is 17.0 Å². The molecule has 0 aliphatic heterocycles. The number of aromatic nitrogens is 2. The molecule has 0 saturated heterocycles. The lowest BCUT2D eigenvalue weighted by molar-refractivity contribution is -0.389. The zero-order valence-electron chi connectivity index (χ0n) is 12.2. The number of carbonyl (C=O) groups excluding carboxylic acids is 1. The van der Waals surface area contributed by atoms with Crippen molar-refractivity contribution in [1.82, 2.24) is 14.7 Å². The third kappa shape index (κ3) is 2.91. The molecule has 2 aliphatic carbocycles. The SMILES string of the molecule is Cc1cc([N+](=O)[O-])nn1CC(=O)N(C1CCCC1)C1CC1. The van der Waals surface area contributed by atoms with Crippen LogP contribution in [-0.2, 0) is 11.3 Å². The van der Waals surface area contributed by atoms with Gasteiger partial charge in [0, 0.05) is 12.1 Å². The molecule has 0 N–H and O–H groups in total. The van der Waals surface area contributed by atoms with Crippen LogP contribution in [-0.4, -0.2) is 37.6 Å². The Morgan fingerprint density at radius 1 is 1.38 bits per heavy atom. The molecule has 1 amide bonds. The van der Waals surface area contributed by atoms with E-state index in [9.17, 15) is 14.9 Å². The summed E-state index contributed by atoms with van der Waals surface area (Å²) in [7, 11) is 0. The van der Waals surface area contributed by atoms with E-state index in [1.54, 1.807) is 6.92 Å². The summed E-state index contributed by atoms with van der Waals surface area (Å²) >= 11 is 0. The molecular weight excluding hydrogens is 272 g/mol. The molecule has 114 valence electrons. The third-order valence-electron chi connectivity index (χ3n) is 4.39. The van der Waals surface area contributed by atoms with Gasteiger partial charge in [0.2, 0.25) is 5.91 Å². The number of nitro groups is 1. The minimum absolute atomic E-state index is 0.0468. The topological polar surface area (TPSA) is 81.3 Å². The maximum atomic E-state index is 12.6. The second-order valence-electron chi connectivity index (χ2n) is 6.03. The van der Waals surface area contributed by atoms with Crippen LogP contribution < -0.4 is 0 Å². The Bertz CT molecular complexity index is 559.